The van der Waals surface area contributed by atoms with Gasteiger partial charge in [-0.05, 0) is 25.8 Å². The zero-order valence-corrected chi connectivity index (χ0v) is 11.4. The highest BCUT2D eigenvalue weighted by Gasteiger charge is 2.29. The molecule has 1 aromatic carbocycles. The molecule has 0 saturated heterocycles. The third-order valence-corrected chi connectivity index (χ3v) is 3.71. The number of benzene rings is 1. The van der Waals surface area contributed by atoms with Crippen LogP contribution in [0.15, 0.2) is 24.3 Å². The van der Waals surface area contributed by atoms with Crippen LogP contribution in [-0.4, -0.2) is 30.4 Å². The molecule has 0 aromatic heterocycles. The molecule has 2 N–H and O–H groups in total. The maximum atomic E-state index is 10.1. The predicted octanol–water partition coefficient (Wildman–Crippen LogP) is 2.53. The molecule has 100 valence electrons. The second-order valence-electron chi connectivity index (χ2n) is 4.69. The molecule has 4 heteroatoms. The van der Waals surface area contributed by atoms with Gasteiger partial charge in [0.1, 0.15) is 0 Å². The van der Waals surface area contributed by atoms with E-state index in [9.17, 15) is 5.11 Å². The molecule has 3 nitrogen and oxygen atoms in total. The van der Waals surface area contributed by atoms with E-state index in [-0.39, 0.29) is 0 Å². The van der Waals surface area contributed by atoms with Gasteiger partial charge in [0.25, 0.3) is 0 Å². The quantitative estimate of drug-likeness (QED) is 0.834. The van der Waals surface area contributed by atoms with E-state index in [1.54, 1.807) is 6.07 Å². The van der Waals surface area contributed by atoms with Crippen molar-refractivity contribution in [3.63, 3.8) is 0 Å². The van der Waals surface area contributed by atoms with E-state index in [2.05, 4.69) is 5.32 Å². The Morgan fingerprint density at radius 1 is 1.44 bits per heavy atom. The third kappa shape index (κ3) is 3.45. The van der Waals surface area contributed by atoms with E-state index in [0.717, 1.165) is 25.0 Å². The van der Waals surface area contributed by atoms with E-state index in [4.69, 9.17) is 16.3 Å². The number of hydrogen-bond donors (Lipinski definition) is 2. The lowest BCUT2D eigenvalue weighted by molar-refractivity contribution is -0.0123. The predicted molar refractivity (Wildman–Crippen MR) is 72.9 cm³/mol. The molecule has 0 spiro atoms. The molecule has 0 aliphatic heterocycles. The largest absolute Gasteiger partial charge is 0.387 e. The van der Waals surface area contributed by atoms with E-state index < -0.39 is 6.10 Å². The summed E-state index contributed by atoms with van der Waals surface area (Å²) in [7, 11) is 0. The average Bonchev–Trinajstić information content (AvgIpc) is 2.32. The summed E-state index contributed by atoms with van der Waals surface area (Å²) in [6.07, 6.45) is 1.90. The SMILES string of the molecule is CCOC1CC(NCC(O)c2ccccc2Cl)C1. The molecule has 0 heterocycles. The second-order valence-corrected chi connectivity index (χ2v) is 5.10. The lowest BCUT2D eigenvalue weighted by Gasteiger charge is -2.36. The van der Waals surface area contributed by atoms with Gasteiger partial charge in [0.2, 0.25) is 0 Å². The Labute approximate surface area is 113 Å². The van der Waals surface area contributed by atoms with Crippen LogP contribution in [0.1, 0.15) is 31.4 Å². The topological polar surface area (TPSA) is 41.5 Å². The van der Waals surface area contributed by atoms with Crippen LogP contribution in [0.5, 0.6) is 0 Å². The number of halogens is 1. The van der Waals surface area contributed by atoms with E-state index in [0.29, 0.717) is 23.7 Å². The Hall–Kier alpha value is -0.610. The minimum absolute atomic E-state index is 0.393. The van der Waals surface area contributed by atoms with Gasteiger partial charge in [0.15, 0.2) is 0 Å². The Morgan fingerprint density at radius 3 is 2.83 bits per heavy atom. The van der Waals surface area contributed by atoms with Gasteiger partial charge in [-0.3, -0.25) is 0 Å². The summed E-state index contributed by atoms with van der Waals surface area (Å²) < 4.78 is 5.49. The van der Waals surface area contributed by atoms with Gasteiger partial charge in [0, 0.05) is 29.8 Å². The van der Waals surface area contributed by atoms with Crippen molar-refractivity contribution in [3.05, 3.63) is 34.9 Å². The third-order valence-electron chi connectivity index (χ3n) is 3.36. The Morgan fingerprint density at radius 2 is 2.17 bits per heavy atom. The van der Waals surface area contributed by atoms with Gasteiger partial charge < -0.3 is 15.2 Å². The maximum absolute atomic E-state index is 10.1. The lowest BCUT2D eigenvalue weighted by Crippen LogP contribution is -2.46. The zero-order valence-electron chi connectivity index (χ0n) is 10.6. The van der Waals surface area contributed by atoms with E-state index in [1.165, 1.54) is 0 Å². The summed E-state index contributed by atoms with van der Waals surface area (Å²) in [6, 6.07) is 7.87. The van der Waals surface area contributed by atoms with E-state index >= 15 is 0 Å². The first-order valence-electron chi connectivity index (χ1n) is 6.48. The van der Waals surface area contributed by atoms with Crippen LogP contribution >= 0.6 is 11.6 Å². The van der Waals surface area contributed by atoms with Crippen molar-refractivity contribution in [1.82, 2.24) is 5.32 Å². The van der Waals surface area contributed by atoms with Crippen LogP contribution in [0.3, 0.4) is 0 Å². The second kappa shape index (κ2) is 6.53. The van der Waals surface area contributed by atoms with Crippen molar-refractivity contribution in [3.8, 4) is 0 Å². The fraction of sp³-hybridized carbons (Fsp3) is 0.571. The molecular formula is C14H20ClNO2. The lowest BCUT2D eigenvalue weighted by atomic mass is 9.89. The van der Waals surface area contributed by atoms with Gasteiger partial charge in [-0.15, -0.1) is 0 Å². The molecule has 2 rings (SSSR count). The molecule has 0 bridgehead atoms. The summed E-state index contributed by atoms with van der Waals surface area (Å²) in [4.78, 5) is 0. The van der Waals surface area contributed by atoms with Crippen molar-refractivity contribution >= 4 is 11.6 Å². The molecule has 1 fully saturated rings. The molecule has 0 amide bonds. The fourth-order valence-corrected chi connectivity index (χ4v) is 2.50. The highest BCUT2D eigenvalue weighted by Crippen LogP contribution is 2.25. The molecule has 1 aliphatic rings. The van der Waals surface area contributed by atoms with Crippen molar-refractivity contribution in [1.29, 1.82) is 0 Å². The Bertz CT molecular complexity index is 380. The van der Waals surface area contributed by atoms with Crippen molar-refractivity contribution < 1.29 is 9.84 Å². The van der Waals surface area contributed by atoms with Crippen molar-refractivity contribution in [2.45, 2.75) is 38.0 Å². The van der Waals surface area contributed by atoms with Crippen LogP contribution in [0.2, 0.25) is 5.02 Å². The maximum Gasteiger partial charge on any atom is 0.0928 e. The Balaban J connectivity index is 1.73. The van der Waals surface area contributed by atoms with Gasteiger partial charge in [-0.2, -0.15) is 0 Å². The smallest absolute Gasteiger partial charge is 0.0928 e. The minimum Gasteiger partial charge on any atom is -0.387 e. The van der Waals surface area contributed by atoms with Gasteiger partial charge in [0.05, 0.1) is 12.2 Å². The highest BCUT2D eigenvalue weighted by atomic mass is 35.5. The summed E-state index contributed by atoms with van der Waals surface area (Å²) >= 11 is 6.04. The fourth-order valence-electron chi connectivity index (χ4n) is 2.24. The van der Waals surface area contributed by atoms with Crippen LogP contribution in [0, 0.1) is 0 Å². The number of hydrogen-bond acceptors (Lipinski definition) is 3. The molecule has 18 heavy (non-hydrogen) atoms. The monoisotopic (exact) mass is 269 g/mol. The van der Waals surface area contributed by atoms with E-state index in [1.807, 2.05) is 25.1 Å². The minimum atomic E-state index is -0.551. The number of rotatable bonds is 6. The van der Waals surface area contributed by atoms with Gasteiger partial charge in [-0.1, -0.05) is 29.8 Å². The first kappa shape index (κ1) is 13.8. The first-order chi connectivity index (χ1) is 8.70. The molecule has 1 aromatic rings. The summed E-state index contributed by atoms with van der Waals surface area (Å²) in [5.74, 6) is 0. The van der Waals surface area contributed by atoms with Crippen LogP contribution in [-0.2, 0) is 4.74 Å². The molecule has 1 atom stereocenters. The highest BCUT2D eigenvalue weighted by molar-refractivity contribution is 6.31. The number of ether oxygens (including phenoxy) is 1. The van der Waals surface area contributed by atoms with Gasteiger partial charge in [-0.25, -0.2) is 0 Å². The summed E-state index contributed by atoms with van der Waals surface area (Å²) in [5, 5.41) is 14.0. The zero-order chi connectivity index (χ0) is 13.0. The molecule has 0 radical (unpaired) electrons. The molecule has 1 aliphatic carbocycles. The molecular weight excluding hydrogens is 250 g/mol. The summed E-state index contributed by atoms with van der Waals surface area (Å²) in [6.45, 7) is 3.33. The number of nitrogens with one attached hydrogen (secondary N) is 1. The van der Waals surface area contributed by atoms with Crippen LogP contribution in [0.25, 0.3) is 0 Å². The normalized spacial score (nSPS) is 24.6. The van der Waals surface area contributed by atoms with Crippen molar-refractivity contribution in [2.24, 2.45) is 0 Å². The number of aliphatic hydroxyl groups is 1. The Kier molecular flexibility index (Phi) is 5.01. The van der Waals surface area contributed by atoms with Crippen LogP contribution in [0.4, 0.5) is 0 Å². The molecule has 1 unspecified atom stereocenters. The molecule has 1 saturated carbocycles. The van der Waals surface area contributed by atoms with Gasteiger partial charge >= 0.3 is 0 Å². The number of aliphatic hydroxyl groups excluding tert-OH is 1. The summed E-state index contributed by atoms with van der Waals surface area (Å²) in [5.41, 5.74) is 0.785. The van der Waals surface area contributed by atoms with Crippen molar-refractivity contribution in [2.75, 3.05) is 13.2 Å². The first-order valence-corrected chi connectivity index (χ1v) is 6.86. The standard InChI is InChI=1S/C14H20ClNO2/c1-2-18-11-7-10(8-11)16-9-14(17)12-5-3-4-6-13(12)15/h3-6,10-11,14,16-17H,2,7-9H2,1H3. The average molecular weight is 270 g/mol. The van der Waals surface area contributed by atoms with Crippen LogP contribution < -0.4 is 5.32 Å².